The summed E-state index contributed by atoms with van der Waals surface area (Å²) in [4.78, 5) is 4.03. The summed E-state index contributed by atoms with van der Waals surface area (Å²) >= 11 is 5.79. The van der Waals surface area contributed by atoms with Gasteiger partial charge in [-0.3, -0.25) is 0 Å². The van der Waals surface area contributed by atoms with Crippen LogP contribution in [0.2, 0.25) is 5.15 Å². The van der Waals surface area contributed by atoms with Crippen molar-refractivity contribution in [1.82, 2.24) is 4.98 Å². The van der Waals surface area contributed by atoms with Crippen molar-refractivity contribution in [2.45, 2.75) is 0 Å². The average molecular weight is 233 g/mol. The van der Waals surface area contributed by atoms with Gasteiger partial charge in [0.15, 0.2) is 0 Å². The minimum absolute atomic E-state index is 0.129. The third kappa shape index (κ3) is 2.02. The van der Waals surface area contributed by atoms with Crippen LogP contribution in [0.25, 0.3) is 11.3 Å². The lowest BCUT2D eigenvalue weighted by atomic mass is 10.1. The van der Waals surface area contributed by atoms with Crippen LogP contribution in [0.4, 0.5) is 4.39 Å². The maximum Gasteiger partial charge on any atom is 0.147 e. The van der Waals surface area contributed by atoms with Crippen LogP contribution in [0.1, 0.15) is 5.56 Å². The molecular formula is C12H6ClFN2. The van der Waals surface area contributed by atoms with Crippen molar-refractivity contribution in [3.8, 4) is 17.3 Å². The highest BCUT2D eigenvalue weighted by Crippen LogP contribution is 2.21. The molecule has 0 radical (unpaired) electrons. The molecule has 2 aromatic rings. The van der Waals surface area contributed by atoms with Gasteiger partial charge in [-0.2, -0.15) is 5.26 Å². The second kappa shape index (κ2) is 4.30. The van der Waals surface area contributed by atoms with E-state index in [0.29, 0.717) is 16.8 Å². The predicted octanol–water partition coefficient (Wildman–Crippen LogP) is 3.41. The van der Waals surface area contributed by atoms with Crippen molar-refractivity contribution in [3.05, 3.63) is 52.9 Å². The first-order chi connectivity index (χ1) is 7.70. The second-order valence-electron chi connectivity index (χ2n) is 3.16. The van der Waals surface area contributed by atoms with E-state index < -0.39 is 0 Å². The summed E-state index contributed by atoms with van der Waals surface area (Å²) in [6.45, 7) is 0. The van der Waals surface area contributed by atoms with E-state index in [1.54, 1.807) is 24.3 Å². The third-order valence-corrected chi connectivity index (χ3v) is 2.38. The van der Waals surface area contributed by atoms with Crippen molar-refractivity contribution in [2.75, 3.05) is 0 Å². The molecule has 1 aromatic heterocycles. The van der Waals surface area contributed by atoms with Crippen LogP contribution in [0.5, 0.6) is 0 Å². The Morgan fingerprint density at radius 2 is 2.06 bits per heavy atom. The van der Waals surface area contributed by atoms with Gasteiger partial charge in [-0.05, 0) is 24.3 Å². The fraction of sp³-hybridized carbons (Fsp3) is 0. The van der Waals surface area contributed by atoms with E-state index in [1.165, 1.54) is 12.1 Å². The molecule has 0 saturated heterocycles. The molecule has 0 aliphatic heterocycles. The lowest BCUT2D eigenvalue weighted by Gasteiger charge is -2.02. The number of hydrogen-bond donors (Lipinski definition) is 0. The molecule has 0 bridgehead atoms. The molecule has 0 aliphatic rings. The van der Waals surface area contributed by atoms with Crippen LogP contribution in [-0.2, 0) is 0 Å². The normalized spacial score (nSPS) is 9.81. The van der Waals surface area contributed by atoms with Crippen LogP contribution in [0, 0.1) is 17.1 Å². The lowest BCUT2D eigenvalue weighted by molar-refractivity contribution is 0.628. The zero-order chi connectivity index (χ0) is 11.5. The van der Waals surface area contributed by atoms with Crippen LogP contribution < -0.4 is 0 Å². The van der Waals surface area contributed by atoms with Crippen molar-refractivity contribution < 1.29 is 4.39 Å². The van der Waals surface area contributed by atoms with Gasteiger partial charge in [0.05, 0.1) is 11.3 Å². The van der Waals surface area contributed by atoms with Crippen LogP contribution in [-0.4, -0.2) is 4.98 Å². The van der Waals surface area contributed by atoms with Gasteiger partial charge in [-0.25, -0.2) is 9.37 Å². The van der Waals surface area contributed by atoms with Crippen molar-refractivity contribution in [3.63, 3.8) is 0 Å². The van der Waals surface area contributed by atoms with E-state index >= 15 is 0 Å². The van der Waals surface area contributed by atoms with Gasteiger partial charge < -0.3 is 0 Å². The molecule has 1 aromatic carbocycles. The molecule has 0 unspecified atom stereocenters. The first-order valence-electron chi connectivity index (χ1n) is 4.53. The topological polar surface area (TPSA) is 36.7 Å². The van der Waals surface area contributed by atoms with Gasteiger partial charge in [0.25, 0.3) is 0 Å². The molecule has 0 saturated carbocycles. The predicted molar refractivity (Wildman–Crippen MR) is 59.4 cm³/mol. The zero-order valence-corrected chi connectivity index (χ0v) is 8.87. The molecule has 2 nitrogen and oxygen atoms in total. The lowest BCUT2D eigenvalue weighted by Crippen LogP contribution is -1.88. The Labute approximate surface area is 96.9 Å². The molecular weight excluding hydrogens is 227 g/mol. The molecule has 0 atom stereocenters. The summed E-state index contributed by atoms with van der Waals surface area (Å²) in [5.74, 6) is -0.334. The fourth-order valence-corrected chi connectivity index (χ4v) is 1.52. The number of nitrogens with zero attached hydrogens (tertiary/aromatic N) is 2. The Morgan fingerprint density at radius 3 is 2.69 bits per heavy atom. The van der Waals surface area contributed by atoms with E-state index in [2.05, 4.69) is 4.98 Å². The summed E-state index contributed by atoms with van der Waals surface area (Å²) < 4.78 is 13.0. The van der Waals surface area contributed by atoms with Crippen molar-refractivity contribution in [1.29, 1.82) is 5.26 Å². The molecule has 0 N–H and O–H groups in total. The Hall–Kier alpha value is -1.92. The first-order valence-corrected chi connectivity index (χ1v) is 4.91. The quantitative estimate of drug-likeness (QED) is 0.707. The summed E-state index contributed by atoms with van der Waals surface area (Å²) in [7, 11) is 0. The number of nitriles is 1. The maximum atomic E-state index is 13.0. The van der Waals surface area contributed by atoms with Gasteiger partial charge in [-0.15, -0.1) is 0 Å². The number of rotatable bonds is 1. The monoisotopic (exact) mass is 232 g/mol. The summed E-state index contributed by atoms with van der Waals surface area (Å²) in [6.07, 6.45) is 0. The van der Waals surface area contributed by atoms with Crippen molar-refractivity contribution in [2.24, 2.45) is 0 Å². The smallest absolute Gasteiger partial charge is 0.147 e. The van der Waals surface area contributed by atoms with Gasteiger partial charge >= 0.3 is 0 Å². The third-order valence-electron chi connectivity index (χ3n) is 2.09. The molecule has 2 rings (SSSR count). The molecule has 0 aliphatic carbocycles. The highest BCUT2D eigenvalue weighted by Gasteiger charge is 2.05. The Balaban J connectivity index is 2.50. The van der Waals surface area contributed by atoms with E-state index in [1.807, 2.05) is 6.07 Å². The molecule has 0 spiro atoms. The Bertz CT molecular complexity index is 575. The molecule has 0 fully saturated rings. The molecule has 78 valence electrons. The van der Waals surface area contributed by atoms with E-state index in [0.717, 1.165) is 0 Å². The molecule has 4 heteroatoms. The largest absolute Gasteiger partial charge is 0.235 e. The number of benzene rings is 1. The average Bonchev–Trinajstić information content (AvgIpc) is 2.29. The minimum Gasteiger partial charge on any atom is -0.235 e. The Morgan fingerprint density at radius 1 is 1.25 bits per heavy atom. The molecule has 0 amide bonds. The summed E-state index contributed by atoms with van der Waals surface area (Å²) in [5.41, 5.74) is 1.48. The van der Waals surface area contributed by atoms with Gasteiger partial charge in [-0.1, -0.05) is 23.7 Å². The zero-order valence-electron chi connectivity index (χ0n) is 8.11. The van der Waals surface area contributed by atoms with Gasteiger partial charge in [0, 0.05) is 5.56 Å². The van der Waals surface area contributed by atoms with Crippen LogP contribution in [0.15, 0.2) is 36.4 Å². The van der Waals surface area contributed by atoms with E-state index in [9.17, 15) is 4.39 Å². The Kier molecular flexibility index (Phi) is 2.84. The number of halogens is 2. The summed E-state index contributed by atoms with van der Waals surface area (Å²) in [6, 6.07) is 11.2. The highest BCUT2D eigenvalue weighted by atomic mass is 35.5. The highest BCUT2D eigenvalue weighted by molar-refractivity contribution is 6.30. The van der Waals surface area contributed by atoms with Crippen molar-refractivity contribution >= 4 is 11.6 Å². The maximum absolute atomic E-state index is 13.0. The summed E-state index contributed by atoms with van der Waals surface area (Å²) in [5, 5.41) is 8.82. The van der Waals surface area contributed by atoms with Crippen LogP contribution in [0.3, 0.4) is 0 Å². The number of pyridine rings is 1. The van der Waals surface area contributed by atoms with Gasteiger partial charge in [0.1, 0.15) is 17.0 Å². The number of aromatic nitrogens is 1. The fourth-order valence-electron chi connectivity index (χ4n) is 1.33. The van der Waals surface area contributed by atoms with E-state index in [4.69, 9.17) is 16.9 Å². The second-order valence-corrected chi connectivity index (χ2v) is 3.52. The number of hydrogen-bond acceptors (Lipinski definition) is 2. The standard InChI is InChI=1S/C12H6ClFN2/c13-12-9(7-15)4-5-11(16-12)8-2-1-3-10(14)6-8/h1-6H. The minimum atomic E-state index is -0.334. The SMILES string of the molecule is N#Cc1ccc(-c2cccc(F)c2)nc1Cl. The molecule has 16 heavy (non-hydrogen) atoms. The first kappa shape index (κ1) is 10.6. The van der Waals surface area contributed by atoms with Gasteiger partial charge in [0.2, 0.25) is 0 Å². The molecule has 1 heterocycles. The van der Waals surface area contributed by atoms with Crippen LogP contribution >= 0.6 is 11.6 Å². The van der Waals surface area contributed by atoms with E-state index in [-0.39, 0.29) is 11.0 Å².